The van der Waals surface area contributed by atoms with Gasteiger partial charge in [0.25, 0.3) is 5.56 Å². The normalized spacial score (nSPS) is 10.9. The summed E-state index contributed by atoms with van der Waals surface area (Å²) in [5, 5.41) is 11.7. The Labute approximate surface area is 116 Å². The summed E-state index contributed by atoms with van der Waals surface area (Å²) in [5.74, 6) is 0.362. The van der Waals surface area contributed by atoms with Crippen LogP contribution in [0.15, 0.2) is 47.3 Å². The van der Waals surface area contributed by atoms with Crippen LogP contribution in [0.3, 0.4) is 0 Å². The molecule has 0 radical (unpaired) electrons. The van der Waals surface area contributed by atoms with Crippen molar-refractivity contribution in [3.05, 3.63) is 64.1 Å². The lowest BCUT2D eigenvalue weighted by molar-refractivity contribution is 0.441. The second-order valence-corrected chi connectivity index (χ2v) is 4.87. The maximum Gasteiger partial charge on any atom is 0.259 e. The molecule has 1 N–H and O–H groups in total. The number of benzene rings is 1. The van der Waals surface area contributed by atoms with Gasteiger partial charge < -0.3 is 5.11 Å². The summed E-state index contributed by atoms with van der Waals surface area (Å²) in [4.78, 5) is 16.6. The van der Waals surface area contributed by atoms with Crippen LogP contribution in [0.5, 0.6) is 5.88 Å². The minimum Gasteiger partial charge on any atom is -0.494 e. The van der Waals surface area contributed by atoms with E-state index >= 15 is 0 Å². The molecular formula is C16H14N2O2. The number of pyridine rings is 2. The molecule has 4 heteroatoms. The summed E-state index contributed by atoms with van der Waals surface area (Å²) in [6.07, 6.45) is 0. The second kappa shape index (κ2) is 4.49. The number of hydrogen-bond acceptors (Lipinski definition) is 3. The molecule has 0 aliphatic rings. The van der Waals surface area contributed by atoms with Crippen molar-refractivity contribution in [2.75, 3.05) is 0 Å². The molecule has 20 heavy (non-hydrogen) atoms. The molecule has 0 unspecified atom stereocenters. The van der Waals surface area contributed by atoms with E-state index in [1.54, 1.807) is 18.2 Å². The predicted molar refractivity (Wildman–Crippen MR) is 78.5 cm³/mol. The number of rotatable bonds is 1. The quantitative estimate of drug-likeness (QED) is 0.736. The van der Waals surface area contributed by atoms with E-state index in [0.29, 0.717) is 11.2 Å². The van der Waals surface area contributed by atoms with Gasteiger partial charge in [0, 0.05) is 17.1 Å². The van der Waals surface area contributed by atoms with Crippen molar-refractivity contribution >= 4 is 10.8 Å². The fourth-order valence-electron chi connectivity index (χ4n) is 2.40. The number of aromatic nitrogens is 2. The number of aromatic hydroxyl groups is 1. The van der Waals surface area contributed by atoms with Crippen LogP contribution >= 0.6 is 0 Å². The zero-order chi connectivity index (χ0) is 14.3. The maximum absolute atomic E-state index is 12.2. The summed E-state index contributed by atoms with van der Waals surface area (Å²) in [7, 11) is 0. The highest BCUT2D eigenvalue weighted by molar-refractivity contribution is 5.86. The van der Waals surface area contributed by atoms with Crippen molar-refractivity contribution in [2.24, 2.45) is 0 Å². The number of nitrogens with zero attached hydrogens (tertiary/aromatic N) is 2. The topological polar surface area (TPSA) is 55.1 Å². The van der Waals surface area contributed by atoms with Crippen LogP contribution in [0.25, 0.3) is 16.6 Å². The molecule has 0 spiro atoms. The van der Waals surface area contributed by atoms with E-state index in [-0.39, 0.29) is 11.4 Å². The van der Waals surface area contributed by atoms with Crippen molar-refractivity contribution in [1.29, 1.82) is 0 Å². The van der Waals surface area contributed by atoms with Gasteiger partial charge in [0.05, 0.1) is 0 Å². The Morgan fingerprint density at radius 1 is 1.10 bits per heavy atom. The molecule has 1 aromatic carbocycles. The molecule has 0 amide bonds. The average molecular weight is 266 g/mol. The fourth-order valence-corrected chi connectivity index (χ4v) is 2.40. The van der Waals surface area contributed by atoms with Gasteiger partial charge in [0.2, 0.25) is 5.88 Å². The third-order valence-corrected chi connectivity index (χ3v) is 3.23. The van der Waals surface area contributed by atoms with Gasteiger partial charge in [-0.1, -0.05) is 18.2 Å². The highest BCUT2D eigenvalue weighted by atomic mass is 16.3. The van der Waals surface area contributed by atoms with E-state index in [0.717, 1.165) is 16.6 Å². The van der Waals surface area contributed by atoms with E-state index in [2.05, 4.69) is 4.98 Å². The Morgan fingerprint density at radius 3 is 2.60 bits per heavy atom. The predicted octanol–water partition coefficient (Wildman–Crippen LogP) is 2.71. The van der Waals surface area contributed by atoms with Gasteiger partial charge in [-0.2, -0.15) is 0 Å². The molecule has 2 heterocycles. The summed E-state index contributed by atoms with van der Waals surface area (Å²) in [6.45, 7) is 3.79. The Bertz CT molecular complexity index is 846. The molecule has 0 atom stereocenters. The highest BCUT2D eigenvalue weighted by Gasteiger charge is 2.11. The first-order chi connectivity index (χ1) is 9.56. The SMILES string of the molecule is Cc1cc(C)nc(-n2c(O)c3ccccc3cc2=O)c1. The number of fused-ring (bicyclic) bond motifs is 1. The third kappa shape index (κ3) is 1.95. The zero-order valence-electron chi connectivity index (χ0n) is 11.3. The highest BCUT2D eigenvalue weighted by Crippen LogP contribution is 2.24. The van der Waals surface area contributed by atoms with Gasteiger partial charge >= 0.3 is 0 Å². The van der Waals surface area contributed by atoms with Gasteiger partial charge in [0.15, 0.2) is 0 Å². The molecule has 100 valence electrons. The van der Waals surface area contributed by atoms with Gasteiger partial charge in [-0.15, -0.1) is 0 Å². The van der Waals surface area contributed by atoms with Crippen molar-refractivity contribution in [3.63, 3.8) is 0 Å². The van der Waals surface area contributed by atoms with Crippen LogP contribution in [0.2, 0.25) is 0 Å². The molecule has 0 aliphatic heterocycles. The molecule has 0 saturated heterocycles. The molecule has 3 rings (SSSR count). The Balaban J connectivity index is 2.39. The van der Waals surface area contributed by atoms with Crippen molar-refractivity contribution in [3.8, 4) is 11.7 Å². The van der Waals surface area contributed by atoms with E-state index in [1.165, 1.54) is 10.6 Å². The molecule has 4 nitrogen and oxygen atoms in total. The average Bonchev–Trinajstić information content (AvgIpc) is 2.37. The minimum atomic E-state index is -0.293. The first-order valence-electron chi connectivity index (χ1n) is 6.36. The van der Waals surface area contributed by atoms with Gasteiger partial charge in [0.1, 0.15) is 5.82 Å². The smallest absolute Gasteiger partial charge is 0.259 e. The van der Waals surface area contributed by atoms with E-state index in [1.807, 2.05) is 32.0 Å². The molecule has 0 bridgehead atoms. The summed E-state index contributed by atoms with van der Waals surface area (Å²) >= 11 is 0. The molecular weight excluding hydrogens is 252 g/mol. The second-order valence-electron chi connectivity index (χ2n) is 4.87. The van der Waals surface area contributed by atoms with E-state index < -0.39 is 0 Å². The van der Waals surface area contributed by atoms with Crippen molar-refractivity contribution < 1.29 is 5.11 Å². The molecule has 0 aliphatic carbocycles. The van der Waals surface area contributed by atoms with Crippen LogP contribution in [0.4, 0.5) is 0 Å². The Hall–Kier alpha value is -2.62. The summed E-state index contributed by atoms with van der Waals surface area (Å²) in [5.41, 5.74) is 1.50. The van der Waals surface area contributed by atoms with Crippen LogP contribution in [-0.4, -0.2) is 14.7 Å². The van der Waals surface area contributed by atoms with Crippen molar-refractivity contribution in [2.45, 2.75) is 13.8 Å². The fraction of sp³-hybridized carbons (Fsp3) is 0.125. The Kier molecular flexibility index (Phi) is 2.79. The number of aryl methyl sites for hydroxylation is 2. The molecule has 3 aromatic rings. The van der Waals surface area contributed by atoms with Gasteiger partial charge in [-0.25, -0.2) is 9.55 Å². The van der Waals surface area contributed by atoms with Gasteiger partial charge in [-0.3, -0.25) is 4.79 Å². The monoisotopic (exact) mass is 266 g/mol. The lowest BCUT2D eigenvalue weighted by Gasteiger charge is -2.11. The van der Waals surface area contributed by atoms with E-state index in [9.17, 15) is 9.90 Å². The summed E-state index contributed by atoms with van der Waals surface area (Å²) < 4.78 is 1.24. The van der Waals surface area contributed by atoms with Crippen LogP contribution in [0, 0.1) is 13.8 Å². The van der Waals surface area contributed by atoms with Crippen LogP contribution in [0.1, 0.15) is 11.3 Å². The van der Waals surface area contributed by atoms with Crippen LogP contribution < -0.4 is 5.56 Å². The molecule has 2 aromatic heterocycles. The summed E-state index contributed by atoms with van der Waals surface area (Å²) in [6, 6.07) is 12.5. The Morgan fingerprint density at radius 2 is 1.85 bits per heavy atom. The molecule has 0 fully saturated rings. The first-order valence-corrected chi connectivity index (χ1v) is 6.36. The number of hydrogen-bond donors (Lipinski definition) is 1. The zero-order valence-corrected chi connectivity index (χ0v) is 11.3. The van der Waals surface area contributed by atoms with Crippen molar-refractivity contribution in [1.82, 2.24) is 9.55 Å². The standard InChI is InChI=1S/C16H14N2O2/c1-10-7-11(2)17-14(8-10)18-15(19)9-12-5-3-4-6-13(12)16(18)20/h3-9,20H,1-2H3. The maximum atomic E-state index is 12.2. The van der Waals surface area contributed by atoms with Gasteiger partial charge in [-0.05, 0) is 43.0 Å². The first kappa shape index (κ1) is 12.4. The van der Waals surface area contributed by atoms with Crippen LogP contribution in [-0.2, 0) is 0 Å². The molecule has 0 saturated carbocycles. The minimum absolute atomic E-state index is 0.0781. The van der Waals surface area contributed by atoms with E-state index in [4.69, 9.17) is 0 Å². The largest absolute Gasteiger partial charge is 0.494 e. The lowest BCUT2D eigenvalue weighted by atomic mass is 10.1. The lowest BCUT2D eigenvalue weighted by Crippen LogP contribution is -2.18. The third-order valence-electron chi connectivity index (χ3n) is 3.23.